The molecule has 0 spiro atoms. The Balaban J connectivity index is 1.88. The van der Waals surface area contributed by atoms with Gasteiger partial charge in [-0.25, -0.2) is 0 Å². The van der Waals surface area contributed by atoms with Crippen LogP contribution in [0.5, 0.6) is 0 Å². The maximum atomic E-state index is 12.0. The number of aryl methyl sites for hydroxylation is 1. The van der Waals surface area contributed by atoms with Crippen LogP contribution < -0.4 is 10.6 Å². The van der Waals surface area contributed by atoms with Crippen molar-refractivity contribution in [3.05, 3.63) is 65.2 Å². The summed E-state index contributed by atoms with van der Waals surface area (Å²) in [5, 5.41) is 5.42. The van der Waals surface area contributed by atoms with Crippen molar-refractivity contribution >= 4 is 17.5 Å². The van der Waals surface area contributed by atoms with Crippen LogP contribution in [0.25, 0.3) is 0 Å². The second-order valence-corrected chi connectivity index (χ2v) is 6.93. The summed E-state index contributed by atoms with van der Waals surface area (Å²) in [6.07, 6.45) is 0. The molecule has 2 amide bonds. The standard InChI is InChI=1S/C20H24N2O2/c1-14-6-5-7-15(12-14)19(24)21-13-18(23)22-17-10-8-16(9-11-17)20(2,3)4/h5-12H,13H2,1-4H3,(H,21,24)(H,22,23). The minimum Gasteiger partial charge on any atom is -0.343 e. The highest BCUT2D eigenvalue weighted by atomic mass is 16.2. The molecule has 126 valence electrons. The molecule has 2 rings (SSSR count). The molecule has 2 aromatic rings. The van der Waals surface area contributed by atoms with Gasteiger partial charge in [-0.1, -0.05) is 50.6 Å². The van der Waals surface area contributed by atoms with Gasteiger partial charge < -0.3 is 10.6 Å². The van der Waals surface area contributed by atoms with E-state index in [1.54, 1.807) is 12.1 Å². The molecule has 24 heavy (non-hydrogen) atoms. The number of rotatable bonds is 4. The summed E-state index contributed by atoms with van der Waals surface area (Å²) in [4.78, 5) is 24.0. The molecule has 0 unspecified atom stereocenters. The lowest BCUT2D eigenvalue weighted by Crippen LogP contribution is -2.32. The van der Waals surface area contributed by atoms with E-state index in [2.05, 4.69) is 31.4 Å². The van der Waals surface area contributed by atoms with Gasteiger partial charge in [-0.05, 0) is 42.2 Å². The first-order valence-corrected chi connectivity index (χ1v) is 8.01. The van der Waals surface area contributed by atoms with Crippen LogP contribution in [-0.4, -0.2) is 18.4 Å². The zero-order chi connectivity index (χ0) is 17.7. The van der Waals surface area contributed by atoms with E-state index >= 15 is 0 Å². The van der Waals surface area contributed by atoms with Gasteiger partial charge in [-0.15, -0.1) is 0 Å². The Bertz CT molecular complexity index is 728. The Morgan fingerprint density at radius 3 is 2.25 bits per heavy atom. The average Bonchev–Trinajstić information content (AvgIpc) is 2.52. The van der Waals surface area contributed by atoms with Crippen molar-refractivity contribution in [3.63, 3.8) is 0 Å². The quantitative estimate of drug-likeness (QED) is 0.901. The fourth-order valence-corrected chi connectivity index (χ4v) is 2.31. The van der Waals surface area contributed by atoms with E-state index in [1.165, 1.54) is 5.56 Å². The van der Waals surface area contributed by atoms with E-state index in [4.69, 9.17) is 0 Å². The number of carbonyl (C=O) groups is 2. The monoisotopic (exact) mass is 324 g/mol. The van der Waals surface area contributed by atoms with Crippen molar-refractivity contribution < 1.29 is 9.59 Å². The third-order valence-corrected chi connectivity index (χ3v) is 3.72. The number of amides is 2. The van der Waals surface area contributed by atoms with Gasteiger partial charge in [0.15, 0.2) is 0 Å². The summed E-state index contributed by atoms with van der Waals surface area (Å²) < 4.78 is 0. The molecular formula is C20H24N2O2. The van der Waals surface area contributed by atoms with Crippen LogP contribution in [-0.2, 0) is 10.2 Å². The summed E-state index contributed by atoms with van der Waals surface area (Å²) in [6.45, 7) is 8.28. The molecule has 0 fully saturated rings. The van der Waals surface area contributed by atoms with Crippen LogP contribution in [0.2, 0.25) is 0 Å². The Kier molecular flexibility index (Phi) is 5.39. The zero-order valence-corrected chi connectivity index (χ0v) is 14.6. The summed E-state index contributed by atoms with van der Waals surface area (Å²) in [5.74, 6) is -0.503. The van der Waals surface area contributed by atoms with E-state index in [-0.39, 0.29) is 23.8 Å². The van der Waals surface area contributed by atoms with Crippen LogP contribution in [0.4, 0.5) is 5.69 Å². The Hall–Kier alpha value is -2.62. The number of hydrogen-bond donors (Lipinski definition) is 2. The van der Waals surface area contributed by atoms with Crippen molar-refractivity contribution in [2.75, 3.05) is 11.9 Å². The molecule has 4 nitrogen and oxygen atoms in total. The first-order chi connectivity index (χ1) is 11.3. The molecule has 0 aliphatic rings. The van der Waals surface area contributed by atoms with Gasteiger partial charge in [0.2, 0.25) is 5.91 Å². The predicted octanol–water partition coefficient (Wildman–Crippen LogP) is 3.66. The van der Waals surface area contributed by atoms with Gasteiger partial charge >= 0.3 is 0 Å². The third-order valence-electron chi connectivity index (χ3n) is 3.72. The van der Waals surface area contributed by atoms with Gasteiger partial charge in [-0.3, -0.25) is 9.59 Å². The first-order valence-electron chi connectivity index (χ1n) is 8.01. The molecule has 0 heterocycles. The predicted molar refractivity (Wildman–Crippen MR) is 97.3 cm³/mol. The lowest BCUT2D eigenvalue weighted by molar-refractivity contribution is -0.115. The largest absolute Gasteiger partial charge is 0.343 e. The maximum absolute atomic E-state index is 12.0. The molecule has 0 atom stereocenters. The second kappa shape index (κ2) is 7.30. The van der Waals surface area contributed by atoms with Gasteiger partial charge in [0.25, 0.3) is 5.91 Å². The number of carbonyl (C=O) groups excluding carboxylic acids is 2. The molecule has 0 saturated heterocycles. The molecule has 2 aromatic carbocycles. The molecule has 0 aromatic heterocycles. The molecule has 0 aliphatic carbocycles. The summed E-state index contributed by atoms with van der Waals surface area (Å²) in [7, 11) is 0. The van der Waals surface area contributed by atoms with Gasteiger partial charge in [0.1, 0.15) is 0 Å². The first kappa shape index (κ1) is 17.7. The van der Waals surface area contributed by atoms with Crippen LogP contribution in [0.1, 0.15) is 42.3 Å². The highest BCUT2D eigenvalue weighted by Gasteiger charge is 2.13. The van der Waals surface area contributed by atoms with Crippen molar-refractivity contribution in [1.29, 1.82) is 0 Å². The maximum Gasteiger partial charge on any atom is 0.251 e. The van der Waals surface area contributed by atoms with Crippen molar-refractivity contribution in [3.8, 4) is 0 Å². The van der Waals surface area contributed by atoms with Gasteiger partial charge in [0, 0.05) is 11.3 Å². The van der Waals surface area contributed by atoms with E-state index in [9.17, 15) is 9.59 Å². The molecule has 0 radical (unpaired) electrons. The summed E-state index contributed by atoms with van der Waals surface area (Å²) in [6, 6.07) is 15.0. The Morgan fingerprint density at radius 2 is 1.67 bits per heavy atom. The smallest absolute Gasteiger partial charge is 0.251 e. The fraction of sp³-hybridized carbons (Fsp3) is 0.300. The summed E-state index contributed by atoms with van der Waals surface area (Å²) in [5.41, 5.74) is 3.55. The fourth-order valence-electron chi connectivity index (χ4n) is 2.31. The number of anilines is 1. The number of hydrogen-bond acceptors (Lipinski definition) is 2. The highest BCUT2D eigenvalue weighted by molar-refractivity contribution is 5.99. The normalized spacial score (nSPS) is 11.0. The molecule has 0 bridgehead atoms. The molecule has 0 aliphatic heterocycles. The van der Waals surface area contributed by atoms with E-state index < -0.39 is 0 Å². The van der Waals surface area contributed by atoms with Crippen molar-refractivity contribution in [1.82, 2.24) is 5.32 Å². The van der Waals surface area contributed by atoms with Crippen LogP contribution in [0, 0.1) is 6.92 Å². The van der Waals surface area contributed by atoms with Crippen molar-refractivity contribution in [2.45, 2.75) is 33.1 Å². The van der Waals surface area contributed by atoms with E-state index in [0.29, 0.717) is 5.56 Å². The van der Waals surface area contributed by atoms with Crippen LogP contribution in [0.3, 0.4) is 0 Å². The minimum atomic E-state index is -0.253. The van der Waals surface area contributed by atoms with Gasteiger partial charge in [-0.2, -0.15) is 0 Å². The topological polar surface area (TPSA) is 58.2 Å². The molecular weight excluding hydrogens is 300 g/mol. The lowest BCUT2D eigenvalue weighted by Gasteiger charge is -2.19. The lowest BCUT2D eigenvalue weighted by atomic mass is 9.87. The van der Waals surface area contributed by atoms with Crippen molar-refractivity contribution in [2.24, 2.45) is 0 Å². The number of nitrogens with one attached hydrogen (secondary N) is 2. The SMILES string of the molecule is Cc1cccc(C(=O)NCC(=O)Nc2ccc(C(C)(C)C)cc2)c1. The molecule has 0 saturated carbocycles. The summed E-state index contributed by atoms with van der Waals surface area (Å²) >= 11 is 0. The average molecular weight is 324 g/mol. The van der Waals surface area contributed by atoms with Crippen LogP contribution in [0.15, 0.2) is 48.5 Å². The Morgan fingerprint density at radius 1 is 1.00 bits per heavy atom. The Labute approximate surface area is 143 Å². The minimum absolute atomic E-state index is 0.0617. The second-order valence-electron chi connectivity index (χ2n) is 6.93. The molecule has 2 N–H and O–H groups in total. The number of benzene rings is 2. The molecule has 4 heteroatoms. The third kappa shape index (κ3) is 4.95. The van der Waals surface area contributed by atoms with Gasteiger partial charge in [0.05, 0.1) is 6.54 Å². The highest BCUT2D eigenvalue weighted by Crippen LogP contribution is 2.23. The van der Waals surface area contributed by atoms with E-state index in [1.807, 2.05) is 43.3 Å². The van der Waals surface area contributed by atoms with E-state index in [0.717, 1.165) is 11.3 Å². The zero-order valence-electron chi connectivity index (χ0n) is 14.6. The van der Waals surface area contributed by atoms with Crippen LogP contribution >= 0.6 is 0 Å².